The van der Waals surface area contributed by atoms with Gasteiger partial charge in [0.05, 0.1) is 6.20 Å². The lowest BCUT2D eigenvalue weighted by atomic mass is 9.90. The number of hydrogen-bond acceptors (Lipinski definition) is 5. The van der Waals surface area contributed by atoms with Gasteiger partial charge in [-0.25, -0.2) is 9.79 Å². The van der Waals surface area contributed by atoms with E-state index in [1.807, 2.05) is 0 Å². The first-order valence-corrected chi connectivity index (χ1v) is 9.28. The summed E-state index contributed by atoms with van der Waals surface area (Å²) in [5.74, 6) is -0.420. The maximum absolute atomic E-state index is 12.7. The average Bonchev–Trinajstić information content (AvgIpc) is 3.37. The number of alkyl halides is 6. The quantitative estimate of drug-likeness (QED) is 0.467. The van der Waals surface area contributed by atoms with E-state index in [2.05, 4.69) is 21.4 Å². The molecule has 0 N–H and O–H groups in total. The van der Waals surface area contributed by atoms with E-state index in [1.54, 1.807) is 6.92 Å². The Morgan fingerprint density at radius 1 is 1.19 bits per heavy atom. The van der Waals surface area contributed by atoms with Gasteiger partial charge in [-0.15, -0.1) is 0 Å². The fourth-order valence-corrected chi connectivity index (χ4v) is 3.60. The number of carbonyl (C=O) groups excluding carboxylic acids is 2. The van der Waals surface area contributed by atoms with Gasteiger partial charge in [0.25, 0.3) is 6.10 Å². The van der Waals surface area contributed by atoms with Gasteiger partial charge < -0.3 is 9.64 Å². The highest BCUT2D eigenvalue weighted by atomic mass is 19.4. The first kappa shape index (κ1) is 24.7. The molecule has 0 aromatic heterocycles. The minimum atomic E-state index is -5.77. The van der Waals surface area contributed by atoms with E-state index in [1.165, 1.54) is 24.4 Å². The first-order chi connectivity index (χ1) is 14.3. The van der Waals surface area contributed by atoms with E-state index in [0.717, 1.165) is 4.90 Å². The van der Waals surface area contributed by atoms with Crippen LogP contribution in [0.3, 0.4) is 0 Å². The van der Waals surface area contributed by atoms with Gasteiger partial charge >= 0.3 is 18.4 Å². The van der Waals surface area contributed by atoms with Crippen molar-refractivity contribution in [2.45, 2.75) is 44.6 Å². The summed E-state index contributed by atoms with van der Waals surface area (Å²) in [4.78, 5) is 34.3. The molecule has 31 heavy (non-hydrogen) atoms. The van der Waals surface area contributed by atoms with Gasteiger partial charge in [0.2, 0.25) is 5.91 Å². The van der Waals surface area contributed by atoms with E-state index in [9.17, 15) is 35.9 Å². The molecule has 2 aliphatic rings. The minimum absolute atomic E-state index is 0.114. The zero-order valence-corrected chi connectivity index (χ0v) is 16.8. The van der Waals surface area contributed by atoms with Gasteiger partial charge in [-0.05, 0) is 38.3 Å². The molecule has 0 bridgehead atoms. The lowest BCUT2D eigenvalue weighted by molar-refractivity contribution is -0.308. The summed E-state index contributed by atoms with van der Waals surface area (Å²) in [5.41, 5.74) is -0.462. The van der Waals surface area contributed by atoms with Crippen LogP contribution in [0.15, 0.2) is 22.0 Å². The summed E-state index contributed by atoms with van der Waals surface area (Å²) in [6.07, 6.45) is -13.6. The largest absolute Gasteiger partial charge is 0.434 e. The van der Waals surface area contributed by atoms with Gasteiger partial charge in [0.1, 0.15) is 0 Å². The van der Waals surface area contributed by atoms with Crippen molar-refractivity contribution < 1.29 is 40.7 Å². The molecule has 1 heterocycles. The van der Waals surface area contributed by atoms with E-state index in [4.69, 9.17) is 0 Å². The second-order valence-electron chi connectivity index (χ2n) is 7.40. The number of piperidine rings is 1. The van der Waals surface area contributed by atoms with Gasteiger partial charge in [0, 0.05) is 32.3 Å². The molecule has 2 rings (SSSR count). The molecule has 1 atom stereocenters. The number of ether oxygens (including phenoxy) is 1. The number of amides is 2. The molecule has 1 saturated carbocycles. The van der Waals surface area contributed by atoms with Crippen LogP contribution >= 0.6 is 0 Å². The van der Waals surface area contributed by atoms with Crippen molar-refractivity contribution in [1.82, 2.24) is 9.80 Å². The SMILES string of the molecule is C=N/C(=C\N=CC)N(C)C(=O)C1CC12CCN(C(=O)OC(C(F)(F)F)C(F)(F)F)CC2. The summed E-state index contributed by atoms with van der Waals surface area (Å²) in [5, 5.41) is 0. The van der Waals surface area contributed by atoms with E-state index in [-0.39, 0.29) is 37.7 Å². The molecular weight excluding hydrogens is 434 g/mol. The predicted molar refractivity (Wildman–Crippen MR) is 98.3 cm³/mol. The molecule has 1 unspecified atom stereocenters. The third-order valence-corrected chi connectivity index (χ3v) is 5.49. The summed E-state index contributed by atoms with van der Waals surface area (Å²) < 4.78 is 79.2. The Morgan fingerprint density at radius 3 is 2.19 bits per heavy atom. The van der Waals surface area contributed by atoms with Crippen LogP contribution in [0, 0.1) is 11.3 Å². The van der Waals surface area contributed by atoms with Crippen molar-refractivity contribution in [3.8, 4) is 0 Å². The number of nitrogens with zero attached hydrogens (tertiary/aromatic N) is 4. The van der Waals surface area contributed by atoms with Crippen molar-refractivity contribution in [2.75, 3.05) is 20.1 Å². The molecular formula is C18H22F6N4O3. The van der Waals surface area contributed by atoms with Crippen molar-refractivity contribution in [1.29, 1.82) is 0 Å². The number of rotatable bonds is 5. The Labute approximate surface area is 174 Å². The van der Waals surface area contributed by atoms with Crippen LogP contribution in [0.1, 0.15) is 26.2 Å². The molecule has 2 fully saturated rings. The van der Waals surface area contributed by atoms with E-state index >= 15 is 0 Å². The highest BCUT2D eigenvalue weighted by Crippen LogP contribution is 2.60. The van der Waals surface area contributed by atoms with Crippen LogP contribution in [0.5, 0.6) is 0 Å². The molecule has 2 amide bonds. The molecule has 0 aromatic rings. The number of halogens is 6. The molecule has 1 spiro atoms. The van der Waals surface area contributed by atoms with Crippen molar-refractivity contribution in [3.63, 3.8) is 0 Å². The summed E-state index contributed by atoms with van der Waals surface area (Å²) in [6, 6.07) is 0. The smallest absolute Gasteiger partial charge is 0.426 e. The van der Waals surface area contributed by atoms with E-state index < -0.39 is 35.9 Å². The Balaban J connectivity index is 1.96. The molecule has 13 heteroatoms. The van der Waals surface area contributed by atoms with Crippen LogP contribution in [-0.4, -0.2) is 73.3 Å². The highest BCUT2D eigenvalue weighted by molar-refractivity contribution is 5.84. The second-order valence-corrected chi connectivity index (χ2v) is 7.40. The lowest BCUT2D eigenvalue weighted by Gasteiger charge is -2.34. The Bertz CT molecular complexity index is 755. The number of likely N-dealkylation sites (tertiary alicyclic amines) is 1. The van der Waals surface area contributed by atoms with E-state index in [0.29, 0.717) is 6.42 Å². The first-order valence-electron chi connectivity index (χ1n) is 9.28. The molecule has 0 radical (unpaired) electrons. The van der Waals surface area contributed by atoms with Crippen LogP contribution in [0.2, 0.25) is 0 Å². The third-order valence-electron chi connectivity index (χ3n) is 5.49. The summed E-state index contributed by atoms with van der Waals surface area (Å²) in [7, 11) is 1.50. The maximum atomic E-state index is 12.7. The Kier molecular flexibility index (Phi) is 7.06. The molecule has 1 aliphatic carbocycles. The normalized spacial score (nSPS) is 21.5. The summed E-state index contributed by atoms with van der Waals surface area (Å²) >= 11 is 0. The average molecular weight is 456 g/mol. The molecule has 7 nitrogen and oxygen atoms in total. The Hall–Kier alpha value is -2.60. The van der Waals surface area contributed by atoms with Crippen molar-refractivity contribution >= 4 is 24.9 Å². The highest BCUT2D eigenvalue weighted by Gasteiger charge is 2.62. The number of aliphatic imine (C=N–C) groups is 2. The van der Waals surface area contributed by atoms with Gasteiger partial charge in [0.15, 0.2) is 5.82 Å². The predicted octanol–water partition coefficient (Wildman–Crippen LogP) is 3.77. The zero-order valence-electron chi connectivity index (χ0n) is 16.8. The molecule has 1 saturated heterocycles. The lowest BCUT2D eigenvalue weighted by Crippen LogP contribution is -2.49. The fraction of sp³-hybridized carbons (Fsp3) is 0.667. The molecule has 1 aliphatic heterocycles. The minimum Gasteiger partial charge on any atom is -0.426 e. The van der Waals surface area contributed by atoms with Crippen LogP contribution < -0.4 is 0 Å². The maximum Gasteiger partial charge on any atom is 0.434 e. The summed E-state index contributed by atoms with van der Waals surface area (Å²) in [6.45, 7) is 4.84. The zero-order chi connectivity index (χ0) is 23.6. The van der Waals surface area contributed by atoms with Gasteiger partial charge in [-0.2, -0.15) is 26.3 Å². The van der Waals surface area contributed by atoms with Crippen LogP contribution in [0.25, 0.3) is 0 Å². The third kappa shape index (κ3) is 5.56. The number of hydrogen-bond donors (Lipinski definition) is 0. The standard InChI is InChI=1S/C18H22F6N4O3/c1-4-26-10-12(25-2)27(3)13(29)11-9-16(11)5-7-28(8-6-16)15(30)31-14(17(19,20)21)18(22,23)24/h4,10-11,14H,2,5-9H2,1,3H3/b12-10+,26-4?. The molecule has 0 aromatic carbocycles. The second kappa shape index (κ2) is 8.87. The van der Waals surface area contributed by atoms with Crippen molar-refractivity contribution in [2.24, 2.45) is 21.3 Å². The van der Waals surface area contributed by atoms with Crippen molar-refractivity contribution in [3.05, 3.63) is 12.0 Å². The molecule has 174 valence electrons. The Morgan fingerprint density at radius 2 is 1.74 bits per heavy atom. The monoisotopic (exact) mass is 456 g/mol. The fourth-order valence-electron chi connectivity index (χ4n) is 3.60. The number of carbonyl (C=O) groups is 2. The topological polar surface area (TPSA) is 74.6 Å². The van der Waals surface area contributed by atoms with Crippen LogP contribution in [-0.2, 0) is 9.53 Å². The van der Waals surface area contributed by atoms with Crippen LogP contribution in [0.4, 0.5) is 31.1 Å². The van der Waals surface area contributed by atoms with Gasteiger partial charge in [-0.1, -0.05) is 0 Å². The van der Waals surface area contributed by atoms with Gasteiger partial charge in [-0.3, -0.25) is 14.7 Å².